The summed E-state index contributed by atoms with van der Waals surface area (Å²) in [5, 5.41) is 3.99. The van der Waals surface area contributed by atoms with E-state index in [1.807, 2.05) is 36.4 Å². The van der Waals surface area contributed by atoms with Crippen LogP contribution >= 0.6 is 11.8 Å². The first-order valence-corrected chi connectivity index (χ1v) is 8.35. The van der Waals surface area contributed by atoms with Crippen molar-refractivity contribution in [1.29, 1.82) is 0 Å². The van der Waals surface area contributed by atoms with Crippen molar-refractivity contribution in [1.82, 2.24) is 10.1 Å². The summed E-state index contributed by atoms with van der Waals surface area (Å²) < 4.78 is 22.1. The monoisotopic (exact) mass is 330 g/mol. The lowest BCUT2D eigenvalue weighted by molar-refractivity contribution is 0.0665. The van der Waals surface area contributed by atoms with Gasteiger partial charge in [-0.05, 0) is 24.3 Å². The summed E-state index contributed by atoms with van der Waals surface area (Å²) in [7, 11) is 0. The predicted molar refractivity (Wildman–Crippen MR) is 83.3 cm³/mol. The minimum Gasteiger partial charge on any atom is -0.485 e. The Balaban J connectivity index is 1.36. The molecule has 6 nitrogen and oxygen atoms in total. The van der Waals surface area contributed by atoms with Gasteiger partial charge in [-0.1, -0.05) is 17.3 Å². The van der Waals surface area contributed by atoms with Crippen LogP contribution in [0.2, 0.25) is 0 Å². The number of nitrogens with zero attached hydrogens (tertiary/aromatic N) is 2. The number of aromatic nitrogens is 2. The van der Waals surface area contributed by atoms with Gasteiger partial charge in [-0.3, -0.25) is 0 Å². The van der Waals surface area contributed by atoms with Gasteiger partial charge in [0.05, 0.1) is 17.8 Å². The fourth-order valence-corrected chi connectivity index (χ4v) is 3.00. The molecule has 0 unspecified atom stereocenters. The molecule has 3 aromatic rings. The zero-order valence-corrected chi connectivity index (χ0v) is 13.0. The second-order valence-electron chi connectivity index (χ2n) is 4.99. The highest BCUT2D eigenvalue weighted by atomic mass is 32.2. The first-order valence-electron chi connectivity index (χ1n) is 7.19. The minimum atomic E-state index is -0.374. The fourth-order valence-electron chi connectivity index (χ4n) is 2.24. The zero-order chi connectivity index (χ0) is 15.5. The second-order valence-corrected chi connectivity index (χ2v) is 5.97. The summed E-state index contributed by atoms with van der Waals surface area (Å²) in [4.78, 5) is 4.39. The molecule has 7 heteroatoms. The number of para-hydroxylation sites is 2. The molecular formula is C16H14N2O4S. The standard InChI is InChI=1S/C16H14N2O4S/c1-2-6-13-12(5-1)20-8-14(21-13)16-17-15(18-22-16)10-23-9-11-4-3-7-19-11/h1-7,14H,8-10H2/t14-/m1/s1. The van der Waals surface area contributed by atoms with Crippen LogP contribution in [0.1, 0.15) is 23.6 Å². The van der Waals surface area contributed by atoms with E-state index in [2.05, 4.69) is 10.1 Å². The zero-order valence-electron chi connectivity index (χ0n) is 12.2. The molecule has 0 fully saturated rings. The van der Waals surface area contributed by atoms with Crippen molar-refractivity contribution in [3.8, 4) is 11.5 Å². The van der Waals surface area contributed by atoms with Crippen LogP contribution in [-0.2, 0) is 11.5 Å². The van der Waals surface area contributed by atoms with Crippen LogP contribution in [0.15, 0.2) is 51.6 Å². The molecule has 1 aromatic carbocycles. The van der Waals surface area contributed by atoms with Crippen LogP contribution in [0.5, 0.6) is 11.5 Å². The normalized spacial score (nSPS) is 16.4. The highest BCUT2D eigenvalue weighted by molar-refractivity contribution is 7.97. The molecule has 1 aliphatic rings. The van der Waals surface area contributed by atoms with Crippen molar-refractivity contribution in [3.63, 3.8) is 0 Å². The van der Waals surface area contributed by atoms with Gasteiger partial charge < -0.3 is 18.4 Å². The molecule has 2 aromatic heterocycles. The molecular weight excluding hydrogens is 316 g/mol. The number of hydrogen-bond donors (Lipinski definition) is 0. The third kappa shape index (κ3) is 3.19. The Morgan fingerprint density at radius 3 is 2.87 bits per heavy atom. The Hall–Kier alpha value is -2.41. The molecule has 0 bridgehead atoms. The number of ether oxygens (including phenoxy) is 2. The topological polar surface area (TPSA) is 70.5 Å². The molecule has 0 radical (unpaired) electrons. The van der Waals surface area contributed by atoms with Crippen LogP contribution in [-0.4, -0.2) is 16.7 Å². The third-order valence-corrected chi connectivity index (χ3v) is 4.27. The molecule has 1 aliphatic heterocycles. The number of thioether (sulfide) groups is 1. The van der Waals surface area contributed by atoms with Crippen LogP contribution in [0, 0.1) is 0 Å². The number of hydrogen-bond acceptors (Lipinski definition) is 7. The number of rotatable bonds is 5. The molecule has 0 amide bonds. The van der Waals surface area contributed by atoms with Gasteiger partial charge in [0.25, 0.3) is 5.89 Å². The molecule has 3 heterocycles. The number of furan rings is 1. The molecule has 118 valence electrons. The highest BCUT2D eigenvalue weighted by Gasteiger charge is 2.27. The van der Waals surface area contributed by atoms with Crippen LogP contribution in [0.25, 0.3) is 0 Å². The first-order chi connectivity index (χ1) is 11.4. The largest absolute Gasteiger partial charge is 0.485 e. The SMILES string of the molecule is c1coc(CSCc2noc([C@H]3COc4ccccc4O3)n2)c1. The fraction of sp³-hybridized carbons (Fsp3) is 0.250. The van der Waals surface area contributed by atoms with E-state index in [0.29, 0.717) is 29.8 Å². The van der Waals surface area contributed by atoms with Crippen molar-refractivity contribution in [2.24, 2.45) is 0 Å². The lowest BCUT2D eigenvalue weighted by atomic mass is 10.2. The second kappa shape index (κ2) is 6.37. The maximum atomic E-state index is 5.85. The summed E-state index contributed by atoms with van der Waals surface area (Å²) in [6.45, 7) is 0.359. The van der Waals surface area contributed by atoms with Gasteiger partial charge in [-0.25, -0.2) is 0 Å². The Kier molecular flexibility index (Phi) is 3.94. The Bertz CT molecular complexity index is 772. The van der Waals surface area contributed by atoms with Crippen LogP contribution in [0.3, 0.4) is 0 Å². The van der Waals surface area contributed by atoms with E-state index in [4.69, 9.17) is 18.4 Å². The Labute approximate surface area is 136 Å². The molecule has 0 aliphatic carbocycles. The molecule has 0 saturated heterocycles. The molecule has 23 heavy (non-hydrogen) atoms. The van der Waals surface area contributed by atoms with Gasteiger partial charge in [0.2, 0.25) is 6.10 Å². The van der Waals surface area contributed by atoms with Gasteiger partial charge in [-0.15, -0.1) is 11.8 Å². The molecule has 0 spiro atoms. The van der Waals surface area contributed by atoms with E-state index in [1.54, 1.807) is 18.0 Å². The molecule has 0 saturated carbocycles. The van der Waals surface area contributed by atoms with E-state index in [-0.39, 0.29) is 6.10 Å². The van der Waals surface area contributed by atoms with Crippen molar-refractivity contribution in [3.05, 3.63) is 60.1 Å². The lowest BCUT2D eigenvalue weighted by Gasteiger charge is -2.23. The molecule has 1 atom stereocenters. The van der Waals surface area contributed by atoms with Crippen molar-refractivity contribution < 1.29 is 18.4 Å². The summed E-state index contributed by atoms with van der Waals surface area (Å²) >= 11 is 1.66. The summed E-state index contributed by atoms with van der Waals surface area (Å²) in [6, 6.07) is 11.4. The van der Waals surface area contributed by atoms with Gasteiger partial charge in [0.15, 0.2) is 17.3 Å². The van der Waals surface area contributed by atoms with Crippen molar-refractivity contribution in [2.45, 2.75) is 17.6 Å². The molecule has 4 rings (SSSR count). The summed E-state index contributed by atoms with van der Waals surface area (Å²) in [6.07, 6.45) is 1.29. The lowest BCUT2D eigenvalue weighted by Crippen LogP contribution is -2.21. The summed E-state index contributed by atoms with van der Waals surface area (Å²) in [5.74, 6) is 4.85. The maximum absolute atomic E-state index is 5.85. The quantitative estimate of drug-likeness (QED) is 0.707. The van der Waals surface area contributed by atoms with Gasteiger partial charge in [0, 0.05) is 0 Å². The maximum Gasteiger partial charge on any atom is 0.271 e. The van der Waals surface area contributed by atoms with Gasteiger partial charge in [-0.2, -0.15) is 4.98 Å². The smallest absolute Gasteiger partial charge is 0.271 e. The predicted octanol–water partition coefficient (Wildman–Crippen LogP) is 3.61. The van der Waals surface area contributed by atoms with Gasteiger partial charge >= 0.3 is 0 Å². The van der Waals surface area contributed by atoms with Gasteiger partial charge in [0.1, 0.15) is 12.4 Å². The Morgan fingerprint density at radius 2 is 2.00 bits per heavy atom. The Morgan fingerprint density at radius 1 is 1.09 bits per heavy atom. The number of benzene rings is 1. The first kappa shape index (κ1) is 14.2. The minimum absolute atomic E-state index is 0.359. The average Bonchev–Trinajstić information content (AvgIpc) is 3.26. The van der Waals surface area contributed by atoms with Crippen LogP contribution in [0.4, 0.5) is 0 Å². The van der Waals surface area contributed by atoms with E-state index in [0.717, 1.165) is 17.3 Å². The van der Waals surface area contributed by atoms with Crippen molar-refractivity contribution in [2.75, 3.05) is 6.61 Å². The van der Waals surface area contributed by atoms with E-state index in [1.165, 1.54) is 0 Å². The summed E-state index contributed by atoms with van der Waals surface area (Å²) in [5.41, 5.74) is 0. The average molecular weight is 330 g/mol. The van der Waals surface area contributed by atoms with E-state index in [9.17, 15) is 0 Å². The van der Waals surface area contributed by atoms with E-state index >= 15 is 0 Å². The molecule has 0 N–H and O–H groups in total. The van der Waals surface area contributed by atoms with Crippen LogP contribution < -0.4 is 9.47 Å². The van der Waals surface area contributed by atoms with Crippen molar-refractivity contribution >= 4 is 11.8 Å². The van der Waals surface area contributed by atoms with E-state index < -0.39 is 0 Å². The number of fused-ring (bicyclic) bond motifs is 1. The third-order valence-electron chi connectivity index (χ3n) is 3.32. The highest BCUT2D eigenvalue weighted by Crippen LogP contribution is 2.35.